The van der Waals surface area contributed by atoms with Crippen LogP contribution in [-0.4, -0.2) is 23.7 Å². The molecule has 1 spiro atoms. The number of Topliss-reactive ketones (excluding diaryl/α,β-unsaturated/α-hetero) is 1. The van der Waals surface area contributed by atoms with Crippen LogP contribution in [0.1, 0.15) is 52.7 Å². The summed E-state index contributed by atoms with van der Waals surface area (Å²) in [6.45, 7) is 3.96. The maximum atomic E-state index is 13.1. The summed E-state index contributed by atoms with van der Waals surface area (Å²) in [5.74, 6) is 1.08. The van der Waals surface area contributed by atoms with Crippen molar-refractivity contribution in [3.8, 4) is 17.2 Å². The quantitative estimate of drug-likeness (QED) is 0.772. The first-order valence-electron chi connectivity index (χ1n) is 9.05. The Kier molecular flexibility index (Phi) is 4.10. The van der Waals surface area contributed by atoms with E-state index < -0.39 is 5.79 Å². The van der Waals surface area contributed by atoms with Crippen LogP contribution in [0.3, 0.4) is 0 Å². The Morgan fingerprint density at radius 3 is 2.42 bits per heavy atom. The van der Waals surface area contributed by atoms with Crippen LogP contribution in [0.4, 0.5) is 0 Å². The van der Waals surface area contributed by atoms with E-state index >= 15 is 0 Å². The van der Waals surface area contributed by atoms with Gasteiger partial charge in [0.2, 0.25) is 5.75 Å². The van der Waals surface area contributed by atoms with Crippen LogP contribution >= 0.6 is 0 Å². The van der Waals surface area contributed by atoms with E-state index in [9.17, 15) is 4.79 Å². The largest absolute Gasteiger partial charge is 0.493 e. The lowest BCUT2D eigenvalue weighted by Crippen LogP contribution is -2.34. The third-order valence-electron chi connectivity index (χ3n) is 5.36. The molecule has 0 radical (unpaired) electrons. The predicted molar refractivity (Wildman–Crippen MR) is 97.2 cm³/mol. The van der Waals surface area contributed by atoms with Gasteiger partial charge in [0.15, 0.2) is 17.3 Å². The van der Waals surface area contributed by atoms with Crippen molar-refractivity contribution in [2.75, 3.05) is 7.11 Å². The summed E-state index contributed by atoms with van der Waals surface area (Å²) in [5, 5.41) is 0. The lowest BCUT2D eigenvalue weighted by atomic mass is 9.97. The zero-order valence-corrected chi connectivity index (χ0v) is 15.4. The van der Waals surface area contributed by atoms with Crippen LogP contribution in [0, 0.1) is 13.8 Å². The van der Waals surface area contributed by atoms with Gasteiger partial charge in [-0.05, 0) is 55.5 Å². The minimum absolute atomic E-state index is 0.0138. The number of pyridine rings is 1. The number of ketones is 1. The van der Waals surface area contributed by atoms with E-state index in [-0.39, 0.29) is 5.78 Å². The summed E-state index contributed by atoms with van der Waals surface area (Å²) in [6.07, 6.45) is 7.70. The molecule has 0 N–H and O–H groups in total. The van der Waals surface area contributed by atoms with Crippen molar-refractivity contribution in [1.29, 1.82) is 0 Å². The van der Waals surface area contributed by atoms with Gasteiger partial charge in [0.05, 0.1) is 12.7 Å². The molecule has 4 rings (SSSR count). The zero-order valence-electron chi connectivity index (χ0n) is 15.4. The van der Waals surface area contributed by atoms with Gasteiger partial charge in [-0.2, -0.15) is 0 Å². The molecule has 1 aliphatic carbocycles. The van der Waals surface area contributed by atoms with Crippen molar-refractivity contribution in [3.05, 3.63) is 46.8 Å². The van der Waals surface area contributed by atoms with E-state index in [1.54, 1.807) is 31.6 Å². The molecule has 136 valence electrons. The smallest absolute Gasteiger partial charge is 0.251 e. The molecule has 5 heteroatoms. The van der Waals surface area contributed by atoms with Crippen molar-refractivity contribution < 1.29 is 19.0 Å². The monoisotopic (exact) mass is 353 g/mol. The van der Waals surface area contributed by atoms with Crippen molar-refractivity contribution in [1.82, 2.24) is 4.98 Å². The maximum Gasteiger partial charge on any atom is 0.251 e. The molecule has 1 saturated carbocycles. The third kappa shape index (κ3) is 2.71. The average Bonchev–Trinajstić information content (AvgIpc) is 3.23. The summed E-state index contributed by atoms with van der Waals surface area (Å²) < 4.78 is 17.8. The summed E-state index contributed by atoms with van der Waals surface area (Å²) >= 11 is 0. The first-order chi connectivity index (χ1) is 12.5. The number of benzene rings is 1. The zero-order chi connectivity index (χ0) is 18.3. The van der Waals surface area contributed by atoms with Crippen molar-refractivity contribution in [2.45, 2.75) is 51.7 Å². The fourth-order valence-electron chi connectivity index (χ4n) is 3.90. The highest BCUT2D eigenvalue weighted by molar-refractivity contribution is 6.01. The lowest BCUT2D eigenvalue weighted by Gasteiger charge is -2.21. The Bertz CT molecular complexity index is 848. The minimum Gasteiger partial charge on any atom is -0.493 e. The summed E-state index contributed by atoms with van der Waals surface area (Å²) in [7, 11) is 1.60. The van der Waals surface area contributed by atoms with E-state index in [2.05, 4.69) is 4.98 Å². The number of aromatic nitrogens is 1. The molecule has 0 saturated heterocycles. The number of rotatable bonds is 4. The average molecular weight is 353 g/mol. The number of ether oxygens (including phenoxy) is 3. The molecule has 0 bridgehead atoms. The van der Waals surface area contributed by atoms with Gasteiger partial charge in [-0.25, -0.2) is 0 Å². The Balaban J connectivity index is 1.70. The molecular weight excluding hydrogens is 330 g/mol. The highest BCUT2D eigenvalue weighted by atomic mass is 16.7. The summed E-state index contributed by atoms with van der Waals surface area (Å²) in [4.78, 5) is 17.3. The fraction of sp³-hybridized carbons (Fsp3) is 0.429. The molecular formula is C21H23NO4. The normalized spacial score (nSPS) is 16.9. The highest BCUT2D eigenvalue weighted by Crippen LogP contribution is 2.52. The van der Waals surface area contributed by atoms with Gasteiger partial charge in [0, 0.05) is 31.7 Å². The topological polar surface area (TPSA) is 57.7 Å². The van der Waals surface area contributed by atoms with Gasteiger partial charge in [0.25, 0.3) is 5.79 Å². The van der Waals surface area contributed by atoms with Crippen LogP contribution in [-0.2, 0) is 6.42 Å². The Labute approximate surface area is 153 Å². The van der Waals surface area contributed by atoms with Gasteiger partial charge in [-0.1, -0.05) is 0 Å². The summed E-state index contributed by atoms with van der Waals surface area (Å²) in [6, 6.07) is 3.57. The van der Waals surface area contributed by atoms with Gasteiger partial charge in [0.1, 0.15) is 0 Å². The first kappa shape index (κ1) is 16.9. The van der Waals surface area contributed by atoms with E-state index in [0.29, 0.717) is 29.2 Å². The molecule has 2 aliphatic rings. The van der Waals surface area contributed by atoms with E-state index in [1.165, 1.54) is 0 Å². The Morgan fingerprint density at radius 2 is 1.77 bits per heavy atom. The molecule has 1 fully saturated rings. The van der Waals surface area contributed by atoms with E-state index in [0.717, 1.165) is 42.4 Å². The second-order valence-electron chi connectivity index (χ2n) is 7.15. The number of nitrogens with zero attached hydrogens (tertiary/aromatic N) is 1. The van der Waals surface area contributed by atoms with E-state index in [1.807, 2.05) is 13.8 Å². The molecule has 1 aliphatic heterocycles. The van der Waals surface area contributed by atoms with Gasteiger partial charge >= 0.3 is 0 Å². The number of carbonyl (C=O) groups excluding carboxylic acids is 1. The van der Waals surface area contributed by atoms with Crippen molar-refractivity contribution >= 4 is 5.78 Å². The minimum atomic E-state index is -0.630. The van der Waals surface area contributed by atoms with Crippen LogP contribution < -0.4 is 14.2 Å². The lowest BCUT2D eigenvalue weighted by molar-refractivity contribution is -0.0724. The molecule has 26 heavy (non-hydrogen) atoms. The third-order valence-corrected chi connectivity index (χ3v) is 5.36. The molecule has 0 unspecified atom stereocenters. The van der Waals surface area contributed by atoms with Gasteiger partial charge < -0.3 is 14.2 Å². The van der Waals surface area contributed by atoms with Crippen LogP contribution in [0.15, 0.2) is 24.5 Å². The number of carbonyl (C=O) groups is 1. The molecule has 1 aromatic heterocycles. The molecule has 1 aromatic carbocycles. The second-order valence-corrected chi connectivity index (χ2v) is 7.15. The molecule has 5 nitrogen and oxygen atoms in total. The first-order valence-corrected chi connectivity index (χ1v) is 9.05. The van der Waals surface area contributed by atoms with Crippen molar-refractivity contribution in [3.63, 3.8) is 0 Å². The highest BCUT2D eigenvalue weighted by Gasteiger charge is 2.46. The fourth-order valence-corrected chi connectivity index (χ4v) is 3.90. The molecule has 0 atom stereocenters. The second kappa shape index (κ2) is 6.31. The molecule has 2 heterocycles. The van der Waals surface area contributed by atoms with Crippen LogP contribution in [0.5, 0.6) is 17.2 Å². The van der Waals surface area contributed by atoms with Crippen molar-refractivity contribution in [2.24, 2.45) is 0 Å². The Morgan fingerprint density at radius 1 is 1.12 bits per heavy atom. The van der Waals surface area contributed by atoms with Crippen LogP contribution in [0.2, 0.25) is 0 Å². The number of fused-ring (bicyclic) bond motifs is 1. The summed E-state index contributed by atoms with van der Waals surface area (Å²) in [5.41, 5.74) is 3.62. The maximum absolute atomic E-state index is 13.1. The Hall–Kier alpha value is -2.56. The van der Waals surface area contributed by atoms with Gasteiger partial charge in [-0.15, -0.1) is 0 Å². The molecule has 2 aromatic rings. The standard InChI is InChI=1S/C21H23NO4/c1-13-11-22-12-14(2)16(13)10-17(23)15-6-7-18(24-3)20-19(15)25-21(26-20)8-4-5-9-21/h6-7,11-12H,4-5,8-10H2,1-3H3. The molecule has 0 amide bonds. The predicted octanol–water partition coefficient (Wildman–Crippen LogP) is 4.17. The van der Waals surface area contributed by atoms with Gasteiger partial charge in [-0.3, -0.25) is 9.78 Å². The number of aryl methyl sites for hydroxylation is 2. The van der Waals surface area contributed by atoms with Crippen LogP contribution in [0.25, 0.3) is 0 Å². The van der Waals surface area contributed by atoms with E-state index in [4.69, 9.17) is 14.2 Å². The number of hydrogen-bond donors (Lipinski definition) is 0. The number of hydrogen-bond acceptors (Lipinski definition) is 5. The SMILES string of the molecule is COc1ccc(C(=O)Cc2c(C)cncc2C)c2c1OC1(CCCC1)O2. The number of methoxy groups -OCH3 is 1.